The fourth-order valence-corrected chi connectivity index (χ4v) is 1.65. The molecule has 1 rings (SSSR count). The number of nitrogens with one attached hydrogen (secondary N) is 1. The van der Waals surface area contributed by atoms with E-state index in [-0.39, 0.29) is 24.4 Å². The predicted molar refractivity (Wildman–Crippen MR) is 64.4 cm³/mol. The fourth-order valence-electron chi connectivity index (χ4n) is 1.65. The molecule has 1 unspecified atom stereocenters. The zero-order valence-corrected chi connectivity index (χ0v) is 10.2. The Kier molecular flexibility index (Phi) is 5.10. The molecule has 94 valence electrons. The molecule has 2 N–H and O–H groups in total. The Morgan fingerprint density at radius 2 is 2.24 bits per heavy atom. The smallest absolute Gasteiger partial charge is 0.251 e. The molecule has 0 fully saturated rings. The van der Waals surface area contributed by atoms with E-state index in [9.17, 15) is 9.18 Å². The molecule has 17 heavy (non-hydrogen) atoms. The van der Waals surface area contributed by atoms with Gasteiger partial charge in [0, 0.05) is 18.2 Å². The van der Waals surface area contributed by atoms with Crippen molar-refractivity contribution >= 4 is 5.91 Å². The third-order valence-electron chi connectivity index (χ3n) is 2.61. The van der Waals surface area contributed by atoms with Gasteiger partial charge in [0.1, 0.15) is 5.82 Å². The van der Waals surface area contributed by atoms with Crippen molar-refractivity contribution in [2.24, 2.45) is 0 Å². The first-order valence-electron chi connectivity index (χ1n) is 5.72. The zero-order chi connectivity index (χ0) is 12.8. The quantitative estimate of drug-likeness (QED) is 0.826. The van der Waals surface area contributed by atoms with E-state index in [1.807, 2.05) is 6.92 Å². The van der Waals surface area contributed by atoms with Crippen molar-refractivity contribution in [1.29, 1.82) is 0 Å². The lowest BCUT2D eigenvalue weighted by Crippen LogP contribution is -2.33. The number of rotatable bonds is 5. The van der Waals surface area contributed by atoms with Gasteiger partial charge in [0.05, 0.1) is 0 Å². The maximum absolute atomic E-state index is 12.9. The van der Waals surface area contributed by atoms with Crippen LogP contribution < -0.4 is 5.32 Å². The lowest BCUT2D eigenvalue weighted by atomic mass is 10.1. The molecule has 0 aliphatic carbocycles. The zero-order valence-electron chi connectivity index (χ0n) is 10.2. The summed E-state index contributed by atoms with van der Waals surface area (Å²) in [5, 5.41) is 11.5. The van der Waals surface area contributed by atoms with Crippen molar-refractivity contribution in [3.63, 3.8) is 0 Å². The molecule has 0 saturated heterocycles. The number of aliphatic hydroxyl groups excluding tert-OH is 1. The van der Waals surface area contributed by atoms with Gasteiger partial charge in [0.25, 0.3) is 5.91 Å². The van der Waals surface area contributed by atoms with Crippen molar-refractivity contribution in [2.75, 3.05) is 6.61 Å². The Morgan fingerprint density at radius 3 is 2.82 bits per heavy atom. The van der Waals surface area contributed by atoms with Crippen LogP contribution in [0.4, 0.5) is 4.39 Å². The van der Waals surface area contributed by atoms with Gasteiger partial charge in [-0.05, 0) is 50.5 Å². The number of benzene rings is 1. The molecule has 1 amide bonds. The van der Waals surface area contributed by atoms with E-state index in [4.69, 9.17) is 5.11 Å². The number of carbonyl (C=O) groups is 1. The maximum atomic E-state index is 12.9. The van der Waals surface area contributed by atoms with Gasteiger partial charge in [-0.2, -0.15) is 0 Å². The van der Waals surface area contributed by atoms with Crippen LogP contribution in [0.3, 0.4) is 0 Å². The van der Waals surface area contributed by atoms with Crippen molar-refractivity contribution in [2.45, 2.75) is 32.7 Å². The second-order valence-electron chi connectivity index (χ2n) is 4.20. The van der Waals surface area contributed by atoms with E-state index in [1.165, 1.54) is 18.2 Å². The van der Waals surface area contributed by atoms with Gasteiger partial charge >= 0.3 is 0 Å². The Bertz CT molecular complexity index is 393. The first-order chi connectivity index (χ1) is 8.04. The monoisotopic (exact) mass is 239 g/mol. The molecule has 4 heteroatoms. The van der Waals surface area contributed by atoms with Crippen molar-refractivity contribution < 1.29 is 14.3 Å². The van der Waals surface area contributed by atoms with Crippen molar-refractivity contribution in [3.05, 3.63) is 35.1 Å². The molecule has 0 aliphatic rings. The van der Waals surface area contributed by atoms with Crippen molar-refractivity contribution in [3.8, 4) is 0 Å². The van der Waals surface area contributed by atoms with Crippen LogP contribution in [-0.2, 0) is 0 Å². The van der Waals surface area contributed by atoms with Gasteiger partial charge < -0.3 is 10.4 Å². The third kappa shape index (κ3) is 4.15. The molecular weight excluding hydrogens is 221 g/mol. The van der Waals surface area contributed by atoms with Crippen LogP contribution in [0.2, 0.25) is 0 Å². The normalized spacial score (nSPS) is 12.2. The Morgan fingerprint density at radius 1 is 1.53 bits per heavy atom. The number of hydrogen-bond donors (Lipinski definition) is 2. The van der Waals surface area contributed by atoms with Crippen LogP contribution in [0.25, 0.3) is 0 Å². The second-order valence-corrected chi connectivity index (χ2v) is 4.20. The van der Waals surface area contributed by atoms with Gasteiger partial charge in [-0.1, -0.05) is 0 Å². The van der Waals surface area contributed by atoms with Gasteiger partial charge in [0.15, 0.2) is 0 Å². The Balaban J connectivity index is 2.63. The third-order valence-corrected chi connectivity index (χ3v) is 2.61. The summed E-state index contributed by atoms with van der Waals surface area (Å²) in [6.07, 6.45) is 1.38. The molecule has 3 nitrogen and oxygen atoms in total. The predicted octanol–water partition coefficient (Wildman–Crippen LogP) is 2.02. The standard InChI is InChI=1S/C13H18FNO2/c1-9-8-11(14)5-6-12(9)13(17)15-10(2)4-3-7-16/h5-6,8,10,16H,3-4,7H2,1-2H3,(H,15,17). The molecular formula is C13H18FNO2. The molecule has 0 bridgehead atoms. The summed E-state index contributed by atoms with van der Waals surface area (Å²) in [5.74, 6) is -0.541. The van der Waals surface area contributed by atoms with Crippen molar-refractivity contribution in [1.82, 2.24) is 5.32 Å². The SMILES string of the molecule is Cc1cc(F)ccc1C(=O)NC(C)CCCO. The number of hydrogen-bond acceptors (Lipinski definition) is 2. The van der Waals surface area contributed by atoms with Gasteiger partial charge in [-0.15, -0.1) is 0 Å². The molecule has 0 aromatic heterocycles. The van der Waals surface area contributed by atoms with E-state index < -0.39 is 0 Å². The maximum Gasteiger partial charge on any atom is 0.251 e. The number of aryl methyl sites for hydroxylation is 1. The highest BCUT2D eigenvalue weighted by atomic mass is 19.1. The van der Waals surface area contributed by atoms with Gasteiger partial charge in [-0.25, -0.2) is 4.39 Å². The average molecular weight is 239 g/mol. The topological polar surface area (TPSA) is 49.3 Å². The molecule has 0 saturated carbocycles. The minimum absolute atomic E-state index is 0.000830. The van der Waals surface area contributed by atoms with Crippen LogP contribution in [0, 0.1) is 12.7 Å². The van der Waals surface area contributed by atoms with E-state index in [0.717, 1.165) is 6.42 Å². The highest BCUT2D eigenvalue weighted by Crippen LogP contribution is 2.10. The number of aliphatic hydroxyl groups is 1. The second kappa shape index (κ2) is 6.35. The van der Waals surface area contributed by atoms with Crippen LogP contribution >= 0.6 is 0 Å². The summed E-state index contributed by atoms with van der Waals surface area (Å²) in [7, 11) is 0. The van der Waals surface area contributed by atoms with Gasteiger partial charge in [-0.3, -0.25) is 4.79 Å². The summed E-state index contributed by atoms with van der Waals surface area (Å²) in [4.78, 5) is 11.9. The average Bonchev–Trinajstić information content (AvgIpc) is 2.26. The van der Waals surface area contributed by atoms with Crippen LogP contribution in [-0.4, -0.2) is 23.7 Å². The molecule has 0 heterocycles. The Hall–Kier alpha value is -1.42. The molecule has 0 aliphatic heterocycles. The molecule has 1 aromatic carbocycles. The van der Waals surface area contributed by atoms with E-state index in [2.05, 4.69) is 5.32 Å². The minimum Gasteiger partial charge on any atom is -0.396 e. The molecule has 0 spiro atoms. The lowest BCUT2D eigenvalue weighted by Gasteiger charge is -2.14. The van der Waals surface area contributed by atoms with E-state index in [0.29, 0.717) is 17.5 Å². The fraction of sp³-hybridized carbons (Fsp3) is 0.462. The highest BCUT2D eigenvalue weighted by molar-refractivity contribution is 5.95. The number of halogens is 1. The van der Waals surface area contributed by atoms with E-state index >= 15 is 0 Å². The number of carbonyl (C=O) groups excluding carboxylic acids is 1. The van der Waals surface area contributed by atoms with Gasteiger partial charge in [0.2, 0.25) is 0 Å². The highest BCUT2D eigenvalue weighted by Gasteiger charge is 2.12. The van der Waals surface area contributed by atoms with Crippen LogP contribution in [0.1, 0.15) is 35.7 Å². The lowest BCUT2D eigenvalue weighted by molar-refractivity contribution is 0.0936. The number of amides is 1. The summed E-state index contributed by atoms with van der Waals surface area (Å²) in [6.45, 7) is 3.71. The molecule has 0 radical (unpaired) electrons. The molecule has 1 atom stereocenters. The molecule has 1 aromatic rings. The van der Waals surface area contributed by atoms with Crippen LogP contribution in [0.5, 0.6) is 0 Å². The largest absolute Gasteiger partial charge is 0.396 e. The summed E-state index contributed by atoms with van der Waals surface area (Å²) in [5.41, 5.74) is 1.11. The summed E-state index contributed by atoms with van der Waals surface area (Å²) < 4.78 is 12.9. The first kappa shape index (κ1) is 13.6. The van der Waals surface area contributed by atoms with E-state index in [1.54, 1.807) is 6.92 Å². The first-order valence-corrected chi connectivity index (χ1v) is 5.72. The minimum atomic E-state index is -0.340. The Labute approximate surface area is 101 Å². The summed E-state index contributed by atoms with van der Waals surface area (Å²) >= 11 is 0. The summed E-state index contributed by atoms with van der Waals surface area (Å²) in [6, 6.07) is 4.10. The van der Waals surface area contributed by atoms with Crippen LogP contribution in [0.15, 0.2) is 18.2 Å².